The van der Waals surface area contributed by atoms with Gasteiger partial charge in [-0.25, -0.2) is 0 Å². The van der Waals surface area contributed by atoms with Gasteiger partial charge in [-0.1, -0.05) is 20.8 Å². The van der Waals surface area contributed by atoms with Crippen molar-refractivity contribution in [1.29, 1.82) is 0 Å². The lowest BCUT2D eigenvalue weighted by atomic mass is 9.99. The number of hydrogen-bond donors (Lipinski definition) is 1. The fourth-order valence-electron chi connectivity index (χ4n) is 1.21. The fraction of sp³-hybridized carbons (Fsp3) is 0.833. The molecule has 0 fully saturated rings. The van der Waals surface area contributed by atoms with Crippen molar-refractivity contribution >= 4 is 11.9 Å². The molecule has 4 heteroatoms. The van der Waals surface area contributed by atoms with Gasteiger partial charge in [0.05, 0.1) is 5.92 Å². The van der Waals surface area contributed by atoms with Crippen LogP contribution in [-0.4, -0.2) is 17.5 Å². The third-order valence-electron chi connectivity index (χ3n) is 3.07. The summed E-state index contributed by atoms with van der Waals surface area (Å²) in [6.45, 7) is 7.67. The zero-order valence-corrected chi connectivity index (χ0v) is 10.7. The van der Waals surface area contributed by atoms with E-state index in [4.69, 9.17) is 10.5 Å². The highest BCUT2D eigenvalue weighted by Crippen LogP contribution is 2.22. The molecule has 0 rings (SSSR count). The van der Waals surface area contributed by atoms with Crippen molar-refractivity contribution in [2.75, 3.05) is 0 Å². The van der Waals surface area contributed by atoms with Gasteiger partial charge in [-0.2, -0.15) is 0 Å². The van der Waals surface area contributed by atoms with E-state index in [1.54, 1.807) is 6.92 Å². The second-order valence-electron chi connectivity index (χ2n) is 4.48. The third kappa shape index (κ3) is 5.14. The molecule has 94 valence electrons. The summed E-state index contributed by atoms with van der Waals surface area (Å²) in [6, 6.07) is 0. The first-order valence-electron chi connectivity index (χ1n) is 5.85. The Hall–Kier alpha value is -1.06. The lowest BCUT2D eigenvalue weighted by Crippen LogP contribution is -2.32. The molecule has 0 spiro atoms. The molecule has 0 aromatic rings. The summed E-state index contributed by atoms with van der Waals surface area (Å²) in [5.41, 5.74) is 4.64. The average molecular weight is 229 g/mol. The molecular weight excluding hydrogens is 206 g/mol. The summed E-state index contributed by atoms with van der Waals surface area (Å²) in [5, 5.41) is 0. The number of rotatable bonds is 7. The predicted octanol–water partition coefficient (Wildman–Crippen LogP) is 2.01. The van der Waals surface area contributed by atoms with Gasteiger partial charge in [-0.3, -0.25) is 9.59 Å². The Kier molecular flexibility index (Phi) is 6.08. The monoisotopic (exact) mass is 229 g/mol. The van der Waals surface area contributed by atoms with Crippen LogP contribution in [0.1, 0.15) is 53.4 Å². The molecule has 1 amide bonds. The van der Waals surface area contributed by atoms with Gasteiger partial charge in [0, 0.05) is 6.42 Å². The van der Waals surface area contributed by atoms with E-state index in [0.717, 1.165) is 12.8 Å². The van der Waals surface area contributed by atoms with E-state index in [1.807, 2.05) is 20.8 Å². The number of carbonyl (C=O) groups excluding carboxylic acids is 2. The average Bonchev–Trinajstić information content (AvgIpc) is 2.25. The van der Waals surface area contributed by atoms with E-state index in [1.165, 1.54) is 0 Å². The van der Waals surface area contributed by atoms with E-state index in [9.17, 15) is 9.59 Å². The van der Waals surface area contributed by atoms with E-state index in [-0.39, 0.29) is 24.2 Å². The highest BCUT2D eigenvalue weighted by Gasteiger charge is 2.27. The van der Waals surface area contributed by atoms with Crippen molar-refractivity contribution in [2.45, 2.75) is 59.0 Å². The van der Waals surface area contributed by atoms with Crippen LogP contribution in [0.5, 0.6) is 0 Å². The highest BCUT2D eigenvalue weighted by molar-refractivity contribution is 5.76. The van der Waals surface area contributed by atoms with Gasteiger partial charge in [0.15, 0.2) is 0 Å². The number of amides is 1. The summed E-state index contributed by atoms with van der Waals surface area (Å²) in [4.78, 5) is 22.3. The SMILES string of the molecule is CCC(C)(CC)OC(=O)[C@H](C)CCC(N)=O. The van der Waals surface area contributed by atoms with Crippen LogP contribution in [-0.2, 0) is 14.3 Å². The molecule has 1 atom stereocenters. The van der Waals surface area contributed by atoms with Gasteiger partial charge in [-0.15, -0.1) is 0 Å². The fourth-order valence-corrected chi connectivity index (χ4v) is 1.21. The van der Waals surface area contributed by atoms with Crippen molar-refractivity contribution in [2.24, 2.45) is 11.7 Å². The summed E-state index contributed by atoms with van der Waals surface area (Å²) in [5.74, 6) is -0.897. The minimum Gasteiger partial charge on any atom is -0.459 e. The summed E-state index contributed by atoms with van der Waals surface area (Å²) >= 11 is 0. The number of nitrogens with two attached hydrogens (primary N) is 1. The van der Waals surface area contributed by atoms with Gasteiger partial charge >= 0.3 is 5.97 Å². The molecule has 16 heavy (non-hydrogen) atoms. The molecular formula is C12H23NO3. The topological polar surface area (TPSA) is 69.4 Å². The maximum absolute atomic E-state index is 11.7. The van der Waals surface area contributed by atoms with Crippen LogP contribution in [0.2, 0.25) is 0 Å². The van der Waals surface area contributed by atoms with Crippen molar-refractivity contribution in [3.63, 3.8) is 0 Å². The first kappa shape index (κ1) is 14.9. The Morgan fingerprint density at radius 3 is 2.19 bits per heavy atom. The first-order chi connectivity index (χ1) is 7.34. The standard InChI is InChI=1S/C12H23NO3/c1-5-12(4,6-2)16-11(15)9(3)7-8-10(13)14/h9H,5-8H2,1-4H3,(H2,13,14)/t9-/m1/s1. The largest absolute Gasteiger partial charge is 0.459 e. The van der Waals surface area contributed by atoms with E-state index in [2.05, 4.69) is 0 Å². The predicted molar refractivity (Wildman–Crippen MR) is 62.7 cm³/mol. The smallest absolute Gasteiger partial charge is 0.309 e. The van der Waals surface area contributed by atoms with Crippen molar-refractivity contribution in [3.05, 3.63) is 0 Å². The number of ether oxygens (including phenoxy) is 1. The van der Waals surface area contributed by atoms with Gasteiger partial charge in [0.25, 0.3) is 0 Å². The first-order valence-corrected chi connectivity index (χ1v) is 5.85. The van der Waals surface area contributed by atoms with Crippen molar-refractivity contribution in [3.8, 4) is 0 Å². The molecule has 0 unspecified atom stereocenters. The molecule has 2 N–H and O–H groups in total. The van der Waals surface area contributed by atoms with Gasteiger partial charge in [0.1, 0.15) is 5.60 Å². The molecule has 0 aromatic carbocycles. The van der Waals surface area contributed by atoms with Crippen LogP contribution in [0.4, 0.5) is 0 Å². The summed E-state index contributed by atoms with van der Waals surface area (Å²) in [6.07, 6.45) is 2.26. The highest BCUT2D eigenvalue weighted by atomic mass is 16.6. The maximum Gasteiger partial charge on any atom is 0.309 e. The molecule has 0 bridgehead atoms. The molecule has 0 aliphatic heterocycles. The Bertz CT molecular complexity index is 247. The maximum atomic E-state index is 11.7. The quantitative estimate of drug-likeness (QED) is 0.679. The van der Waals surface area contributed by atoms with Crippen LogP contribution in [0.3, 0.4) is 0 Å². The molecule has 0 aliphatic carbocycles. The lowest BCUT2D eigenvalue weighted by molar-refractivity contribution is -0.163. The Balaban J connectivity index is 4.18. The minimum atomic E-state index is -0.391. The molecule has 0 heterocycles. The number of carbonyl (C=O) groups is 2. The van der Waals surface area contributed by atoms with Crippen LogP contribution >= 0.6 is 0 Å². The summed E-state index contributed by atoms with van der Waals surface area (Å²) in [7, 11) is 0. The van der Waals surface area contributed by atoms with Gasteiger partial charge in [0.2, 0.25) is 5.91 Å². The second-order valence-corrected chi connectivity index (χ2v) is 4.48. The Morgan fingerprint density at radius 2 is 1.81 bits per heavy atom. The normalized spacial score (nSPS) is 13.2. The van der Waals surface area contributed by atoms with E-state index in [0.29, 0.717) is 6.42 Å². The Labute approximate surface area is 97.5 Å². The number of hydrogen-bond acceptors (Lipinski definition) is 3. The van der Waals surface area contributed by atoms with Crippen LogP contribution in [0.15, 0.2) is 0 Å². The molecule has 0 aromatic heterocycles. The summed E-state index contributed by atoms with van der Waals surface area (Å²) < 4.78 is 5.44. The third-order valence-corrected chi connectivity index (χ3v) is 3.07. The number of esters is 1. The van der Waals surface area contributed by atoms with E-state index < -0.39 is 5.60 Å². The number of primary amides is 1. The van der Waals surface area contributed by atoms with E-state index >= 15 is 0 Å². The molecule has 0 saturated carbocycles. The van der Waals surface area contributed by atoms with Crippen LogP contribution in [0, 0.1) is 5.92 Å². The zero-order valence-electron chi connectivity index (χ0n) is 10.7. The molecule has 0 saturated heterocycles. The molecule has 0 aliphatic rings. The zero-order chi connectivity index (χ0) is 12.8. The molecule has 0 radical (unpaired) electrons. The molecule has 4 nitrogen and oxygen atoms in total. The lowest BCUT2D eigenvalue weighted by Gasteiger charge is -2.28. The van der Waals surface area contributed by atoms with Crippen LogP contribution < -0.4 is 5.73 Å². The van der Waals surface area contributed by atoms with Gasteiger partial charge < -0.3 is 10.5 Å². The van der Waals surface area contributed by atoms with Gasteiger partial charge in [-0.05, 0) is 26.2 Å². The van der Waals surface area contributed by atoms with Crippen molar-refractivity contribution < 1.29 is 14.3 Å². The second kappa shape index (κ2) is 6.51. The minimum absolute atomic E-state index is 0.227. The van der Waals surface area contributed by atoms with Crippen LogP contribution in [0.25, 0.3) is 0 Å². The van der Waals surface area contributed by atoms with Crippen molar-refractivity contribution in [1.82, 2.24) is 0 Å². The Morgan fingerprint density at radius 1 is 1.31 bits per heavy atom.